The molecule has 2 aromatic heterocycles. The zero-order valence-corrected chi connectivity index (χ0v) is 22.2. The van der Waals surface area contributed by atoms with Crippen molar-refractivity contribution in [2.75, 3.05) is 6.54 Å². The average molecular weight is 537 g/mol. The molecule has 0 aliphatic heterocycles. The molecule has 6 nitrogen and oxygen atoms in total. The number of amides is 1. The fourth-order valence-electron chi connectivity index (χ4n) is 7.46. The van der Waals surface area contributed by atoms with Gasteiger partial charge in [-0.1, -0.05) is 18.2 Å². The van der Waals surface area contributed by atoms with Crippen LogP contribution >= 0.6 is 15.9 Å². The second-order valence-corrected chi connectivity index (χ2v) is 12.0. The molecule has 184 valence electrons. The van der Waals surface area contributed by atoms with E-state index in [1.165, 1.54) is 38.5 Å². The molecule has 0 unspecified atom stereocenters. The predicted molar refractivity (Wildman–Crippen MR) is 140 cm³/mol. The van der Waals surface area contributed by atoms with Crippen molar-refractivity contribution in [3.63, 3.8) is 0 Å². The van der Waals surface area contributed by atoms with Crippen molar-refractivity contribution in [3.8, 4) is 5.69 Å². The topological polar surface area (TPSA) is 64.7 Å². The third-order valence-corrected chi connectivity index (χ3v) is 9.79. The summed E-state index contributed by atoms with van der Waals surface area (Å²) in [5.41, 5.74) is 5.01. The van der Waals surface area contributed by atoms with E-state index in [-0.39, 0.29) is 11.3 Å². The summed E-state index contributed by atoms with van der Waals surface area (Å²) < 4.78 is 5.01. The Morgan fingerprint density at radius 1 is 1.06 bits per heavy atom. The largest absolute Gasteiger partial charge is 0.352 e. The highest BCUT2D eigenvalue weighted by atomic mass is 79.9. The molecule has 2 heterocycles. The lowest BCUT2D eigenvalue weighted by molar-refractivity contribution is -0.00770. The fourth-order valence-corrected chi connectivity index (χ4v) is 7.75. The Morgan fingerprint density at radius 3 is 2.31 bits per heavy atom. The summed E-state index contributed by atoms with van der Waals surface area (Å²) in [5.74, 6) is 2.42. The lowest BCUT2D eigenvalue weighted by Gasteiger charge is -2.56. The molecule has 1 amide bonds. The van der Waals surface area contributed by atoms with Gasteiger partial charge in [-0.15, -0.1) is 0 Å². The molecule has 0 radical (unpaired) electrons. The van der Waals surface area contributed by atoms with E-state index in [0.717, 1.165) is 63.5 Å². The van der Waals surface area contributed by atoms with Gasteiger partial charge in [-0.25, -0.2) is 4.68 Å². The number of nitrogens with one attached hydrogen (secondary N) is 1. The number of aryl methyl sites for hydroxylation is 2. The summed E-state index contributed by atoms with van der Waals surface area (Å²) in [6.07, 6.45) is 10.5. The Hall–Kier alpha value is -2.41. The Bertz CT molecular complexity index is 1210. The van der Waals surface area contributed by atoms with Gasteiger partial charge in [0.2, 0.25) is 0 Å². The SMILES string of the molecule is Cc1nn(CCCNC(=O)c2cn(-c3ccccc3)nc2C23CC4CC(CC(C4)C2)C3)c(C)c1Br. The molecule has 1 aromatic carbocycles. The maximum Gasteiger partial charge on any atom is 0.254 e. The Morgan fingerprint density at radius 2 is 1.71 bits per heavy atom. The van der Waals surface area contributed by atoms with Crippen molar-refractivity contribution in [3.05, 3.63) is 63.6 Å². The quantitative estimate of drug-likeness (QED) is 0.392. The minimum absolute atomic E-state index is 0.00692. The number of halogens is 1. The summed E-state index contributed by atoms with van der Waals surface area (Å²) in [4.78, 5) is 13.5. The van der Waals surface area contributed by atoms with Crippen LogP contribution in [0.5, 0.6) is 0 Å². The highest BCUT2D eigenvalue weighted by Gasteiger charge is 2.53. The van der Waals surface area contributed by atoms with Crippen molar-refractivity contribution in [2.45, 2.75) is 70.8 Å². The van der Waals surface area contributed by atoms with Crippen LogP contribution < -0.4 is 5.32 Å². The second kappa shape index (κ2) is 8.91. The fraction of sp³-hybridized carbons (Fsp3) is 0.536. The number of rotatable bonds is 7. The molecular weight excluding hydrogens is 502 g/mol. The van der Waals surface area contributed by atoms with Crippen LogP contribution in [-0.4, -0.2) is 32.0 Å². The second-order valence-electron chi connectivity index (χ2n) is 11.2. The first-order chi connectivity index (χ1) is 16.9. The molecule has 35 heavy (non-hydrogen) atoms. The first kappa shape index (κ1) is 23.0. The molecule has 3 aromatic rings. The Balaban J connectivity index is 1.24. The third kappa shape index (κ3) is 4.15. The minimum atomic E-state index is 0.00692. The number of para-hydroxylation sites is 1. The number of carbonyl (C=O) groups is 1. The minimum Gasteiger partial charge on any atom is -0.352 e. The molecule has 0 saturated heterocycles. The molecule has 4 fully saturated rings. The van der Waals surface area contributed by atoms with Crippen LogP contribution in [0, 0.1) is 31.6 Å². The van der Waals surface area contributed by atoms with Gasteiger partial charge in [0.1, 0.15) is 0 Å². The van der Waals surface area contributed by atoms with E-state index in [1.807, 2.05) is 40.7 Å². The number of carbonyl (C=O) groups excluding carboxylic acids is 1. The maximum atomic E-state index is 13.5. The van der Waals surface area contributed by atoms with E-state index in [9.17, 15) is 4.79 Å². The molecule has 4 aliphatic rings. The van der Waals surface area contributed by atoms with Crippen LogP contribution in [-0.2, 0) is 12.0 Å². The predicted octanol–water partition coefficient (Wildman–Crippen LogP) is 5.74. The molecule has 4 aliphatic carbocycles. The summed E-state index contributed by atoms with van der Waals surface area (Å²) in [5, 5.41) is 12.9. The standard InChI is InChI=1S/C28H34BrN5O/c1-18-25(29)19(2)33(31-18)10-6-9-30-27(35)24-17-34(23-7-4-3-5-8-23)32-26(24)28-14-20-11-21(15-28)13-22(12-20)16-28/h3-5,7-8,17,20-22H,6,9-16H2,1-2H3,(H,30,35). The third-order valence-electron chi connectivity index (χ3n) is 8.65. The molecule has 0 atom stereocenters. The van der Waals surface area contributed by atoms with Gasteiger partial charge in [0.25, 0.3) is 5.91 Å². The smallest absolute Gasteiger partial charge is 0.254 e. The van der Waals surface area contributed by atoms with E-state index in [4.69, 9.17) is 5.10 Å². The number of hydrogen-bond donors (Lipinski definition) is 1. The van der Waals surface area contributed by atoms with E-state index in [1.54, 1.807) is 0 Å². The number of hydrogen-bond acceptors (Lipinski definition) is 3. The lowest BCUT2D eigenvalue weighted by Crippen LogP contribution is -2.49. The van der Waals surface area contributed by atoms with Crippen molar-refractivity contribution < 1.29 is 4.79 Å². The van der Waals surface area contributed by atoms with E-state index in [2.05, 4.69) is 45.4 Å². The highest BCUT2D eigenvalue weighted by Crippen LogP contribution is 2.60. The first-order valence-corrected chi connectivity index (χ1v) is 13.8. The summed E-state index contributed by atoms with van der Waals surface area (Å²) in [7, 11) is 0. The molecule has 0 spiro atoms. The molecule has 4 saturated carbocycles. The van der Waals surface area contributed by atoms with Crippen LogP contribution in [0.15, 0.2) is 41.0 Å². The van der Waals surface area contributed by atoms with Gasteiger partial charge in [0, 0.05) is 30.4 Å². The normalized spacial score (nSPS) is 26.9. The van der Waals surface area contributed by atoms with Crippen LogP contribution in [0.1, 0.15) is 72.4 Å². The Labute approximate surface area is 215 Å². The van der Waals surface area contributed by atoms with Crippen LogP contribution in [0.3, 0.4) is 0 Å². The van der Waals surface area contributed by atoms with Crippen molar-refractivity contribution in [2.24, 2.45) is 17.8 Å². The van der Waals surface area contributed by atoms with Crippen LogP contribution in [0.4, 0.5) is 0 Å². The van der Waals surface area contributed by atoms with E-state index in [0.29, 0.717) is 6.54 Å². The zero-order valence-electron chi connectivity index (χ0n) is 20.6. The highest BCUT2D eigenvalue weighted by molar-refractivity contribution is 9.10. The zero-order chi connectivity index (χ0) is 24.2. The summed E-state index contributed by atoms with van der Waals surface area (Å²) in [6.45, 7) is 5.47. The lowest BCUT2D eigenvalue weighted by atomic mass is 9.48. The molecular formula is C28H34BrN5O. The van der Waals surface area contributed by atoms with Crippen molar-refractivity contribution in [1.82, 2.24) is 24.9 Å². The average Bonchev–Trinajstić information content (AvgIpc) is 3.40. The number of nitrogens with zero attached hydrogens (tertiary/aromatic N) is 4. The molecule has 7 rings (SSSR count). The van der Waals surface area contributed by atoms with Gasteiger partial charge in [-0.05, 0) is 105 Å². The van der Waals surface area contributed by atoms with Gasteiger partial charge < -0.3 is 5.32 Å². The molecule has 1 N–H and O–H groups in total. The number of benzene rings is 1. The van der Waals surface area contributed by atoms with Gasteiger partial charge in [-0.3, -0.25) is 9.48 Å². The number of aromatic nitrogens is 4. The molecule has 7 heteroatoms. The van der Waals surface area contributed by atoms with Gasteiger partial charge in [0.05, 0.1) is 27.1 Å². The first-order valence-electron chi connectivity index (χ1n) is 13.0. The van der Waals surface area contributed by atoms with Gasteiger partial charge >= 0.3 is 0 Å². The van der Waals surface area contributed by atoms with Crippen LogP contribution in [0.25, 0.3) is 5.69 Å². The maximum absolute atomic E-state index is 13.5. The molecule has 4 bridgehead atoms. The monoisotopic (exact) mass is 535 g/mol. The van der Waals surface area contributed by atoms with E-state index >= 15 is 0 Å². The van der Waals surface area contributed by atoms with E-state index < -0.39 is 0 Å². The van der Waals surface area contributed by atoms with Crippen molar-refractivity contribution >= 4 is 21.8 Å². The van der Waals surface area contributed by atoms with Crippen LogP contribution in [0.2, 0.25) is 0 Å². The van der Waals surface area contributed by atoms with Gasteiger partial charge in [0.15, 0.2) is 0 Å². The van der Waals surface area contributed by atoms with Crippen molar-refractivity contribution in [1.29, 1.82) is 0 Å². The summed E-state index contributed by atoms with van der Waals surface area (Å²) >= 11 is 3.60. The summed E-state index contributed by atoms with van der Waals surface area (Å²) in [6, 6.07) is 10.2. The Kier molecular flexibility index (Phi) is 5.86. The van der Waals surface area contributed by atoms with Gasteiger partial charge in [-0.2, -0.15) is 10.2 Å².